The van der Waals surface area contributed by atoms with Gasteiger partial charge in [0.25, 0.3) is 0 Å². The van der Waals surface area contributed by atoms with Gasteiger partial charge in [-0.3, -0.25) is 13.9 Å². The zero-order chi connectivity index (χ0) is 16.6. The van der Waals surface area contributed by atoms with Gasteiger partial charge in [-0.25, -0.2) is 0 Å². The fraction of sp³-hybridized carbons (Fsp3) is 0.929. The van der Waals surface area contributed by atoms with Crippen molar-refractivity contribution in [1.82, 2.24) is 0 Å². The monoisotopic (exact) mass is 352 g/mol. The fourth-order valence-corrected chi connectivity index (χ4v) is 1.94. The van der Waals surface area contributed by atoms with Crippen LogP contribution in [0.25, 0.3) is 0 Å². The number of aliphatic carboxylic acids is 1. The predicted molar refractivity (Wildman–Crippen MR) is 91.4 cm³/mol. The van der Waals surface area contributed by atoms with Crippen molar-refractivity contribution in [2.24, 2.45) is 0 Å². The van der Waals surface area contributed by atoms with Crippen molar-refractivity contribution in [1.29, 1.82) is 0 Å². The van der Waals surface area contributed by atoms with Gasteiger partial charge in [0, 0.05) is 6.42 Å². The summed E-state index contributed by atoms with van der Waals surface area (Å²) < 4.78 is 31.6. The summed E-state index contributed by atoms with van der Waals surface area (Å²) in [6, 6.07) is 0. The molecule has 0 aliphatic heterocycles. The van der Waals surface area contributed by atoms with Gasteiger partial charge in [0.05, 0.1) is 0 Å². The minimum atomic E-state index is -4.67. The zero-order valence-corrected chi connectivity index (χ0v) is 13.8. The van der Waals surface area contributed by atoms with Gasteiger partial charge < -0.3 is 5.11 Å². The Kier molecular flexibility index (Phi) is 23.5. The topological polar surface area (TPSA) is 112 Å². The highest BCUT2D eigenvalue weighted by Crippen LogP contribution is 2.11. The first-order valence-corrected chi connectivity index (χ1v) is 9.08. The summed E-state index contributed by atoms with van der Waals surface area (Å²) in [5.74, 6) is -0.657. The maximum atomic E-state index is 10.3. The van der Waals surface area contributed by atoms with Gasteiger partial charge in [0.15, 0.2) is 0 Å². The molecule has 0 aromatic heterocycles. The van der Waals surface area contributed by atoms with Crippen molar-refractivity contribution in [2.75, 3.05) is 0 Å². The van der Waals surface area contributed by atoms with E-state index in [1.807, 2.05) is 0 Å². The third kappa shape index (κ3) is 42.7. The molecule has 0 heterocycles. The first kappa shape index (κ1) is 27.0. The van der Waals surface area contributed by atoms with Crippen LogP contribution in [-0.2, 0) is 15.2 Å². The van der Waals surface area contributed by atoms with E-state index in [1.54, 1.807) is 0 Å². The molecule has 0 aliphatic rings. The molecule has 0 amide bonds. The highest BCUT2D eigenvalue weighted by Gasteiger charge is 1.96. The molecule has 0 saturated carbocycles. The molecule has 0 bridgehead atoms. The lowest BCUT2D eigenvalue weighted by molar-refractivity contribution is -0.137. The van der Waals surface area contributed by atoms with E-state index in [4.69, 9.17) is 22.6 Å². The van der Waals surface area contributed by atoms with Crippen LogP contribution in [0.3, 0.4) is 0 Å². The lowest BCUT2D eigenvalue weighted by Gasteiger charge is -2.01. The normalized spacial score (nSPS) is 10.3. The van der Waals surface area contributed by atoms with Crippen molar-refractivity contribution in [3.8, 4) is 0 Å². The summed E-state index contributed by atoms with van der Waals surface area (Å²) in [5, 5.41) is 8.46. The summed E-state index contributed by atoms with van der Waals surface area (Å²) in [7, 11) is -4.67. The second-order valence-electron chi connectivity index (χ2n) is 5.13. The minimum absolute atomic E-state index is 0. The standard InChI is InChI=1S/C14H28O2.Mg.H2O4S.2H/c1-2-3-4-5-6-7-8-9-10-11-12-13-14(15)16;;1-5(2,3)4;;/h2-13H2,1H3,(H,15,16);;(H2,1,2,3,4);;. The Morgan fingerprint density at radius 1 is 0.773 bits per heavy atom. The summed E-state index contributed by atoms with van der Waals surface area (Å²) in [6.07, 6.45) is 14.4. The number of carboxylic acids is 1. The molecule has 132 valence electrons. The Bertz CT molecular complexity index is 324. The average molecular weight is 353 g/mol. The number of carbonyl (C=O) groups is 1. The van der Waals surface area contributed by atoms with Crippen LogP contribution in [0.2, 0.25) is 0 Å². The van der Waals surface area contributed by atoms with E-state index in [1.165, 1.54) is 57.8 Å². The molecule has 8 heteroatoms. The SMILES string of the molecule is CCCCCCCCCCCCCC(=O)O.O=S(=O)(O)O.[MgH2]. The van der Waals surface area contributed by atoms with Crippen LogP contribution in [0.4, 0.5) is 0 Å². The molecule has 3 N–H and O–H groups in total. The Labute approximate surface area is 150 Å². The van der Waals surface area contributed by atoms with E-state index in [-0.39, 0.29) is 23.1 Å². The number of hydrogen-bond donors (Lipinski definition) is 3. The van der Waals surface area contributed by atoms with Gasteiger partial charge in [0.2, 0.25) is 0 Å². The molecule has 0 saturated heterocycles. The summed E-state index contributed by atoms with van der Waals surface area (Å²) >= 11 is 0. The first-order valence-electron chi connectivity index (χ1n) is 7.69. The van der Waals surface area contributed by atoms with Crippen molar-refractivity contribution >= 4 is 39.4 Å². The van der Waals surface area contributed by atoms with Crippen molar-refractivity contribution < 1.29 is 27.4 Å². The molecule has 0 spiro atoms. The average Bonchev–Trinajstić information content (AvgIpc) is 2.33. The molecular weight excluding hydrogens is 321 g/mol. The molecule has 22 heavy (non-hydrogen) atoms. The van der Waals surface area contributed by atoms with Crippen LogP contribution in [0.1, 0.15) is 84.0 Å². The minimum Gasteiger partial charge on any atom is -0.481 e. The number of carboxylic acid groups (broad SMARTS) is 1. The third-order valence-electron chi connectivity index (χ3n) is 2.99. The quantitative estimate of drug-likeness (QED) is 0.282. The van der Waals surface area contributed by atoms with Gasteiger partial charge in [-0.2, -0.15) is 8.42 Å². The Morgan fingerprint density at radius 3 is 1.32 bits per heavy atom. The zero-order valence-electron chi connectivity index (χ0n) is 13.0. The molecule has 0 atom stereocenters. The van der Waals surface area contributed by atoms with Crippen LogP contribution >= 0.6 is 0 Å². The van der Waals surface area contributed by atoms with Crippen LogP contribution in [0.5, 0.6) is 0 Å². The predicted octanol–water partition coefficient (Wildman–Crippen LogP) is 3.20. The lowest BCUT2D eigenvalue weighted by Crippen LogP contribution is -1.93. The molecule has 6 nitrogen and oxygen atoms in total. The maximum Gasteiger partial charge on any atom is 0.394 e. The van der Waals surface area contributed by atoms with E-state index in [0.717, 1.165) is 12.8 Å². The fourth-order valence-electron chi connectivity index (χ4n) is 1.94. The van der Waals surface area contributed by atoms with Crippen LogP contribution in [0.15, 0.2) is 0 Å². The van der Waals surface area contributed by atoms with E-state index < -0.39 is 16.4 Å². The van der Waals surface area contributed by atoms with Crippen molar-refractivity contribution in [3.63, 3.8) is 0 Å². The van der Waals surface area contributed by atoms with Crippen molar-refractivity contribution in [2.45, 2.75) is 84.0 Å². The van der Waals surface area contributed by atoms with Gasteiger partial charge in [0.1, 0.15) is 0 Å². The number of rotatable bonds is 12. The molecule has 0 rings (SSSR count). The second kappa shape index (κ2) is 19.2. The molecule has 0 aliphatic carbocycles. The first-order chi connectivity index (χ1) is 9.77. The second-order valence-corrected chi connectivity index (χ2v) is 6.02. The van der Waals surface area contributed by atoms with Gasteiger partial charge in [-0.05, 0) is 6.42 Å². The summed E-state index contributed by atoms with van der Waals surface area (Å²) in [4.78, 5) is 10.3. The molecule has 0 aromatic rings. The molecule has 0 unspecified atom stereocenters. The highest BCUT2D eigenvalue weighted by atomic mass is 32.3. The third-order valence-corrected chi connectivity index (χ3v) is 2.99. The maximum absolute atomic E-state index is 10.3. The molecular formula is C14H32MgO6S. The Hall–Kier alpha value is 0.106. The van der Waals surface area contributed by atoms with E-state index in [2.05, 4.69) is 6.92 Å². The lowest BCUT2D eigenvalue weighted by atomic mass is 10.1. The molecule has 0 radical (unpaired) electrons. The van der Waals surface area contributed by atoms with E-state index >= 15 is 0 Å². The van der Waals surface area contributed by atoms with E-state index in [0.29, 0.717) is 6.42 Å². The smallest absolute Gasteiger partial charge is 0.394 e. The van der Waals surface area contributed by atoms with Crippen LogP contribution < -0.4 is 0 Å². The van der Waals surface area contributed by atoms with Gasteiger partial charge >= 0.3 is 39.4 Å². The van der Waals surface area contributed by atoms with E-state index in [9.17, 15) is 4.79 Å². The van der Waals surface area contributed by atoms with Gasteiger partial charge in [-0.15, -0.1) is 0 Å². The molecule has 0 fully saturated rings. The highest BCUT2D eigenvalue weighted by molar-refractivity contribution is 7.79. The molecule has 0 aromatic carbocycles. The largest absolute Gasteiger partial charge is 0.481 e. The Morgan fingerprint density at radius 2 is 1.05 bits per heavy atom. The van der Waals surface area contributed by atoms with Crippen LogP contribution in [-0.4, -0.2) is 51.7 Å². The van der Waals surface area contributed by atoms with Gasteiger partial charge in [-0.1, -0.05) is 71.1 Å². The van der Waals surface area contributed by atoms with Crippen molar-refractivity contribution in [3.05, 3.63) is 0 Å². The Balaban J connectivity index is -0.000000520. The number of hydrogen-bond acceptors (Lipinski definition) is 3. The summed E-state index contributed by atoms with van der Waals surface area (Å²) in [5.41, 5.74) is 0. The number of unbranched alkanes of at least 4 members (excludes halogenated alkanes) is 10. The summed E-state index contributed by atoms with van der Waals surface area (Å²) in [6.45, 7) is 2.25. The van der Waals surface area contributed by atoms with Crippen LogP contribution in [0, 0.1) is 0 Å².